The van der Waals surface area contributed by atoms with Crippen molar-refractivity contribution in [1.82, 2.24) is 5.32 Å². The summed E-state index contributed by atoms with van der Waals surface area (Å²) in [5, 5.41) is 3.50. The molecule has 88 valence electrons. The molecule has 0 aromatic carbocycles. The van der Waals surface area contributed by atoms with Gasteiger partial charge in [0.05, 0.1) is 6.61 Å². The molecule has 1 rings (SSSR count). The van der Waals surface area contributed by atoms with E-state index in [1.54, 1.807) is 7.11 Å². The lowest BCUT2D eigenvalue weighted by Crippen LogP contribution is -2.45. The summed E-state index contributed by atoms with van der Waals surface area (Å²) in [6.45, 7) is 8.33. The van der Waals surface area contributed by atoms with Crippen LogP contribution in [0.4, 0.5) is 0 Å². The number of hydrogen-bond acceptors (Lipinski definition) is 3. The molecule has 0 bridgehead atoms. The minimum Gasteiger partial charge on any atom is -0.378 e. The van der Waals surface area contributed by atoms with Crippen molar-refractivity contribution in [3.8, 4) is 0 Å². The molecule has 0 aliphatic carbocycles. The normalized spacial score (nSPS) is 27.9. The van der Waals surface area contributed by atoms with E-state index in [-0.39, 0.29) is 5.60 Å². The van der Waals surface area contributed by atoms with Gasteiger partial charge >= 0.3 is 0 Å². The first-order valence-corrected chi connectivity index (χ1v) is 5.69. The van der Waals surface area contributed by atoms with Crippen LogP contribution in [0.25, 0.3) is 0 Å². The molecule has 15 heavy (non-hydrogen) atoms. The first-order valence-electron chi connectivity index (χ1n) is 5.69. The molecule has 3 nitrogen and oxygen atoms in total. The maximum absolute atomic E-state index is 5.55. The van der Waals surface area contributed by atoms with Crippen LogP contribution < -0.4 is 5.32 Å². The largest absolute Gasteiger partial charge is 0.378 e. The standard InChI is InChI=1S/C12H23NO2/c1-4-5-6-11(2)13-9-12(14-3)7-8-15-10-12/h4,11,13H,1,5-10H2,2-3H3. The fourth-order valence-corrected chi connectivity index (χ4v) is 1.79. The molecular formula is C12H23NO2. The summed E-state index contributed by atoms with van der Waals surface area (Å²) in [7, 11) is 1.77. The number of ether oxygens (including phenoxy) is 2. The van der Waals surface area contributed by atoms with E-state index in [1.165, 1.54) is 0 Å². The quantitative estimate of drug-likeness (QED) is 0.653. The predicted molar refractivity (Wildman–Crippen MR) is 62.1 cm³/mol. The molecule has 1 N–H and O–H groups in total. The van der Waals surface area contributed by atoms with Gasteiger partial charge in [0.25, 0.3) is 0 Å². The minimum absolute atomic E-state index is 0.0948. The van der Waals surface area contributed by atoms with Crippen LogP contribution >= 0.6 is 0 Å². The monoisotopic (exact) mass is 213 g/mol. The topological polar surface area (TPSA) is 30.5 Å². The average Bonchev–Trinajstić information content (AvgIpc) is 2.73. The van der Waals surface area contributed by atoms with Crippen LogP contribution in [0, 0.1) is 0 Å². The van der Waals surface area contributed by atoms with E-state index in [2.05, 4.69) is 18.8 Å². The molecule has 0 spiro atoms. The second kappa shape index (κ2) is 6.26. The average molecular weight is 213 g/mol. The van der Waals surface area contributed by atoms with Crippen molar-refractivity contribution in [2.24, 2.45) is 0 Å². The Hall–Kier alpha value is -0.380. The molecule has 0 radical (unpaired) electrons. The van der Waals surface area contributed by atoms with E-state index >= 15 is 0 Å². The van der Waals surface area contributed by atoms with Crippen molar-refractivity contribution >= 4 is 0 Å². The van der Waals surface area contributed by atoms with Gasteiger partial charge in [-0.15, -0.1) is 6.58 Å². The summed E-state index contributed by atoms with van der Waals surface area (Å²) in [6.07, 6.45) is 5.14. The summed E-state index contributed by atoms with van der Waals surface area (Å²) in [6, 6.07) is 0.510. The maximum atomic E-state index is 5.55. The molecule has 0 saturated carbocycles. The highest BCUT2D eigenvalue weighted by molar-refractivity contribution is 4.88. The van der Waals surface area contributed by atoms with Crippen molar-refractivity contribution < 1.29 is 9.47 Å². The zero-order chi connectivity index (χ0) is 11.1. The molecule has 3 heteroatoms. The van der Waals surface area contributed by atoms with Gasteiger partial charge in [-0.3, -0.25) is 0 Å². The first-order chi connectivity index (χ1) is 7.22. The van der Waals surface area contributed by atoms with Gasteiger partial charge in [-0.2, -0.15) is 0 Å². The van der Waals surface area contributed by atoms with Crippen LogP contribution in [0.15, 0.2) is 12.7 Å². The van der Waals surface area contributed by atoms with Crippen LogP contribution in [0.1, 0.15) is 26.2 Å². The minimum atomic E-state index is -0.0948. The molecule has 0 aromatic rings. The lowest BCUT2D eigenvalue weighted by molar-refractivity contribution is -0.0172. The van der Waals surface area contributed by atoms with E-state index in [1.807, 2.05) is 6.08 Å². The lowest BCUT2D eigenvalue weighted by atomic mass is 10.0. The number of methoxy groups -OCH3 is 1. The fraction of sp³-hybridized carbons (Fsp3) is 0.833. The number of hydrogen-bond donors (Lipinski definition) is 1. The molecule has 1 fully saturated rings. The van der Waals surface area contributed by atoms with Gasteiger partial charge in [-0.25, -0.2) is 0 Å². The van der Waals surface area contributed by atoms with E-state index in [9.17, 15) is 0 Å². The van der Waals surface area contributed by atoms with Crippen LogP contribution in [0.2, 0.25) is 0 Å². The molecule has 2 atom stereocenters. The summed E-state index contributed by atoms with van der Waals surface area (Å²) in [4.78, 5) is 0. The third kappa shape index (κ3) is 3.93. The first kappa shape index (κ1) is 12.7. The van der Waals surface area contributed by atoms with Crippen LogP contribution in [-0.4, -0.2) is 38.5 Å². The van der Waals surface area contributed by atoms with Gasteiger partial charge in [0.1, 0.15) is 5.60 Å². The Labute approximate surface area is 92.8 Å². The highest BCUT2D eigenvalue weighted by atomic mass is 16.5. The SMILES string of the molecule is C=CCCC(C)NCC1(OC)CCOC1. The van der Waals surface area contributed by atoms with Gasteiger partial charge in [0.15, 0.2) is 0 Å². The van der Waals surface area contributed by atoms with E-state index < -0.39 is 0 Å². The van der Waals surface area contributed by atoms with Gasteiger partial charge in [0, 0.05) is 32.7 Å². The van der Waals surface area contributed by atoms with Crippen LogP contribution in [0.3, 0.4) is 0 Å². The Kier molecular flexibility index (Phi) is 5.29. The summed E-state index contributed by atoms with van der Waals surface area (Å²) in [5.74, 6) is 0. The molecule has 1 aliphatic heterocycles. The zero-order valence-electron chi connectivity index (χ0n) is 9.92. The van der Waals surface area contributed by atoms with Crippen molar-refractivity contribution in [3.63, 3.8) is 0 Å². The fourth-order valence-electron chi connectivity index (χ4n) is 1.79. The van der Waals surface area contributed by atoms with Gasteiger partial charge in [0.2, 0.25) is 0 Å². The Bertz CT molecular complexity index is 188. The Morgan fingerprint density at radius 3 is 3.00 bits per heavy atom. The Balaban J connectivity index is 2.24. The summed E-state index contributed by atoms with van der Waals surface area (Å²) < 4.78 is 10.9. The smallest absolute Gasteiger partial charge is 0.106 e. The highest BCUT2D eigenvalue weighted by Crippen LogP contribution is 2.21. The molecule has 1 saturated heterocycles. The summed E-state index contributed by atoms with van der Waals surface area (Å²) >= 11 is 0. The van der Waals surface area contributed by atoms with Crippen LogP contribution in [0.5, 0.6) is 0 Å². The number of rotatable bonds is 7. The Morgan fingerprint density at radius 2 is 2.47 bits per heavy atom. The highest BCUT2D eigenvalue weighted by Gasteiger charge is 2.34. The second-order valence-corrected chi connectivity index (χ2v) is 4.34. The second-order valence-electron chi connectivity index (χ2n) is 4.34. The Morgan fingerprint density at radius 1 is 1.67 bits per heavy atom. The third-order valence-corrected chi connectivity index (χ3v) is 3.08. The van der Waals surface area contributed by atoms with Gasteiger partial charge in [-0.05, 0) is 19.8 Å². The molecule has 0 amide bonds. The molecule has 1 heterocycles. The van der Waals surface area contributed by atoms with Crippen molar-refractivity contribution in [1.29, 1.82) is 0 Å². The van der Waals surface area contributed by atoms with Gasteiger partial charge in [-0.1, -0.05) is 6.08 Å². The number of allylic oxidation sites excluding steroid dienone is 1. The van der Waals surface area contributed by atoms with E-state index in [4.69, 9.17) is 9.47 Å². The molecule has 2 unspecified atom stereocenters. The lowest BCUT2D eigenvalue weighted by Gasteiger charge is -2.28. The summed E-state index contributed by atoms with van der Waals surface area (Å²) in [5.41, 5.74) is -0.0948. The van der Waals surface area contributed by atoms with Crippen molar-refractivity contribution in [3.05, 3.63) is 12.7 Å². The number of nitrogens with one attached hydrogen (secondary N) is 1. The maximum Gasteiger partial charge on any atom is 0.106 e. The third-order valence-electron chi connectivity index (χ3n) is 3.08. The zero-order valence-corrected chi connectivity index (χ0v) is 9.92. The van der Waals surface area contributed by atoms with Crippen LogP contribution in [-0.2, 0) is 9.47 Å². The van der Waals surface area contributed by atoms with Gasteiger partial charge < -0.3 is 14.8 Å². The van der Waals surface area contributed by atoms with E-state index in [0.29, 0.717) is 12.6 Å². The molecular weight excluding hydrogens is 190 g/mol. The van der Waals surface area contributed by atoms with Crippen molar-refractivity contribution in [2.45, 2.75) is 37.8 Å². The van der Waals surface area contributed by atoms with E-state index in [0.717, 1.165) is 32.4 Å². The van der Waals surface area contributed by atoms with Crippen molar-refractivity contribution in [2.75, 3.05) is 26.9 Å². The molecule has 0 aromatic heterocycles. The molecule has 1 aliphatic rings. The predicted octanol–water partition coefficient (Wildman–Crippen LogP) is 1.74.